The van der Waals surface area contributed by atoms with Crippen molar-refractivity contribution in [2.45, 2.75) is 57.5 Å². The summed E-state index contributed by atoms with van der Waals surface area (Å²) >= 11 is 6.05. The zero-order chi connectivity index (χ0) is 31.9. The second kappa shape index (κ2) is 12.0. The number of carbonyl (C=O) groups is 1. The first-order valence-corrected chi connectivity index (χ1v) is 15.5. The van der Waals surface area contributed by atoms with Crippen LogP contribution < -0.4 is 11.2 Å². The minimum Gasteiger partial charge on any atom is -0.444 e. The SMILES string of the molecule is CCS(=O)(=O)c1ccc(Cl)cc1Cn1c(=O)[nH]c2cc(CN3CCN(C(=O)OC(C)(C)C)CC3)c(C(F)(F)F)cc2c1=O. The molecule has 4 rings (SSSR count). The average molecular weight is 645 g/mol. The Labute approximate surface area is 250 Å². The molecule has 0 bridgehead atoms. The summed E-state index contributed by atoms with van der Waals surface area (Å²) in [4.78, 5) is 44.3. The molecule has 1 aromatic heterocycles. The summed E-state index contributed by atoms with van der Waals surface area (Å²) in [5.74, 6) is -0.252. The number of H-pyrrole nitrogens is 1. The van der Waals surface area contributed by atoms with E-state index in [9.17, 15) is 36.0 Å². The predicted octanol–water partition coefficient (Wildman–Crippen LogP) is 4.26. The van der Waals surface area contributed by atoms with Crippen LogP contribution in [0, 0.1) is 0 Å². The highest BCUT2D eigenvalue weighted by Crippen LogP contribution is 2.34. The lowest BCUT2D eigenvalue weighted by Crippen LogP contribution is -2.49. The van der Waals surface area contributed by atoms with Gasteiger partial charge in [0.05, 0.1) is 33.7 Å². The number of carbonyl (C=O) groups excluding carboxylic acids is 1. The Hall–Kier alpha value is -3.36. The van der Waals surface area contributed by atoms with Gasteiger partial charge in [0.15, 0.2) is 9.84 Å². The lowest BCUT2D eigenvalue weighted by atomic mass is 10.0. The van der Waals surface area contributed by atoms with Crippen molar-refractivity contribution < 1.29 is 31.1 Å². The van der Waals surface area contributed by atoms with E-state index in [-0.39, 0.29) is 70.4 Å². The van der Waals surface area contributed by atoms with Crippen LogP contribution in [0.25, 0.3) is 10.9 Å². The predicted molar refractivity (Wildman–Crippen MR) is 155 cm³/mol. The molecule has 1 aliphatic heterocycles. The molecule has 2 heterocycles. The van der Waals surface area contributed by atoms with Crippen LogP contribution in [0.1, 0.15) is 44.4 Å². The van der Waals surface area contributed by atoms with Gasteiger partial charge in [-0.25, -0.2) is 18.0 Å². The van der Waals surface area contributed by atoms with Crippen molar-refractivity contribution in [2.24, 2.45) is 0 Å². The van der Waals surface area contributed by atoms with Crippen LogP contribution in [-0.2, 0) is 33.8 Å². The van der Waals surface area contributed by atoms with Crippen molar-refractivity contribution in [3.63, 3.8) is 0 Å². The first-order chi connectivity index (χ1) is 19.9. The van der Waals surface area contributed by atoms with Crippen LogP contribution in [0.2, 0.25) is 5.02 Å². The third-order valence-corrected chi connectivity index (χ3v) is 9.06. The fourth-order valence-electron chi connectivity index (χ4n) is 4.84. The Morgan fingerprint density at radius 2 is 1.65 bits per heavy atom. The molecule has 0 radical (unpaired) electrons. The maximum absolute atomic E-state index is 14.2. The maximum Gasteiger partial charge on any atom is 0.416 e. The highest BCUT2D eigenvalue weighted by Gasteiger charge is 2.35. The number of aromatic nitrogens is 2. The van der Waals surface area contributed by atoms with Gasteiger partial charge in [0.1, 0.15) is 5.60 Å². The van der Waals surface area contributed by atoms with Gasteiger partial charge < -0.3 is 14.6 Å². The smallest absolute Gasteiger partial charge is 0.416 e. The zero-order valence-corrected chi connectivity index (χ0v) is 25.6. The van der Waals surface area contributed by atoms with E-state index in [1.54, 1.807) is 25.7 Å². The van der Waals surface area contributed by atoms with Gasteiger partial charge in [-0.3, -0.25) is 14.3 Å². The first-order valence-electron chi connectivity index (χ1n) is 13.5. The van der Waals surface area contributed by atoms with Crippen LogP contribution in [0.5, 0.6) is 0 Å². The number of halogens is 4. The van der Waals surface area contributed by atoms with Crippen LogP contribution in [0.4, 0.5) is 18.0 Å². The standard InChI is InChI=1S/C28H32ClF3N4O6S/c1-5-43(40,41)23-7-6-19(29)12-18(23)16-36-24(37)20-14-21(28(30,31)32)17(13-22(20)33-25(36)38)15-34-8-10-35(11-9-34)26(39)42-27(2,3)4/h6-7,12-14H,5,8-11,15-16H2,1-4H3,(H,33,38). The minimum atomic E-state index is -4.81. The van der Waals surface area contributed by atoms with Gasteiger partial charge in [0, 0.05) is 37.7 Å². The van der Waals surface area contributed by atoms with E-state index in [0.29, 0.717) is 10.6 Å². The summed E-state index contributed by atoms with van der Waals surface area (Å²) in [6.07, 6.45) is -5.31. The number of benzene rings is 2. The number of aromatic amines is 1. The van der Waals surface area contributed by atoms with Gasteiger partial charge >= 0.3 is 18.0 Å². The number of sulfone groups is 1. The normalized spacial score (nSPS) is 15.2. The number of fused-ring (bicyclic) bond motifs is 1. The van der Waals surface area contributed by atoms with Crippen molar-refractivity contribution in [3.05, 3.63) is 72.9 Å². The van der Waals surface area contributed by atoms with E-state index in [2.05, 4.69) is 4.98 Å². The minimum absolute atomic E-state index is 0.0551. The number of hydrogen-bond donors (Lipinski definition) is 1. The van der Waals surface area contributed by atoms with Crippen molar-refractivity contribution in [1.29, 1.82) is 0 Å². The zero-order valence-electron chi connectivity index (χ0n) is 24.0. The van der Waals surface area contributed by atoms with Gasteiger partial charge in [-0.2, -0.15) is 13.2 Å². The summed E-state index contributed by atoms with van der Waals surface area (Å²) in [5, 5.41) is -0.224. The Kier molecular flexibility index (Phi) is 9.06. The highest BCUT2D eigenvalue weighted by molar-refractivity contribution is 7.91. The molecule has 10 nitrogen and oxygen atoms in total. The molecule has 15 heteroatoms. The Morgan fingerprint density at radius 3 is 2.23 bits per heavy atom. The van der Waals surface area contributed by atoms with Crippen molar-refractivity contribution in [1.82, 2.24) is 19.4 Å². The third kappa shape index (κ3) is 7.42. The summed E-state index contributed by atoms with van der Waals surface area (Å²) < 4.78 is 73.9. The van der Waals surface area contributed by atoms with Crippen LogP contribution in [0.15, 0.2) is 44.8 Å². The highest BCUT2D eigenvalue weighted by atomic mass is 35.5. The molecule has 1 saturated heterocycles. The molecule has 0 spiro atoms. The number of hydrogen-bond acceptors (Lipinski definition) is 7. The van der Waals surface area contributed by atoms with Gasteiger partial charge in [0.25, 0.3) is 5.56 Å². The lowest BCUT2D eigenvalue weighted by Gasteiger charge is -2.36. The molecule has 43 heavy (non-hydrogen) atoms. The molecule has 0 atom stereocenters. The molecule has 0 unspecified atom stereocenters. The van der Waals surface area contributed by atoms with E-state index < -0.39 is 51.1 Å². The number of nitrogens with zero attached hydrogens (tertiary/aromatic N) is 3. The van der Waals surface area contributed by atoms with E-state index in [1.165, 1.54) is 30.0 Å². The number of piperazine rings is 1. The number of rotatable bonds is 6. The van der Waals surface area contributed by atoms with Crippen molar-refractivity contribution in [3.8, 4) is 0 Å². The third-order valence-electron chi connectivity index (χ3n) is 7.00. The summed E-state index contributed by atoms with van der Waals surface area (Å²) in [6.45, 7) is 7.07. The maximum atomic E-state index is 14.2. The second-order valence-corrected chi connectivity index (χ2v) is 14.0. The Balaban J connectivity index is 1.68. The molecule has 3 aromatic rings. The number of alkyl halides is 3. The van der Waals surface area contributed by atoms with Gasteiger partial charge in [0.2, 0.25) is 0 Å². The summed E-state index contributed by atoms with van der Waals surface area (Å²) in [7, 11) is -3.76. The monoisotopic (exact) mass is 644 g/mol. The molecule has 1 aliphatic rings. The van der Waals surface area contributed by atoms with Crippen LogP contribution >= 0.6 is 11.6 Å². The molecular weight excluding hydrogens is 613 g/mol. The molecule has 1 N–H and O–H groups in total. The van der Waals surface area contributed by atoms with Gasteiger partial charge in [-0.15, -0.1) is 0 Å². The molecule has 234 valence electrons. The summed E-state index contributed by atoms with van der Waals surface area (Å²) in [6, 6.07) is 5.76. The van der Waals surface area contributed by atoms with E-state index in [4.69, 9.17) is 16.3 Å². The largest absolute Gasteiger partial charge is 0.444 e. The van der Waals surface area contributed by atoms with Crippen LogP contribution in [-0.4, -0.2) is 71.4 Å². The molecule has 0 saturated carbocycles. The van der Waals surface area contributed by atoms with Crippen molar-refractivity contribution >= 4 is 38.4 Å². The first kappa shape index (κ1) is 32.6. The molecular formula is C28H32ClF3N4O6S. The topological polar surface area (TPSA) is 122 Å². The van der Waals surface area contributed by atoms with E-state index >= 15 is 0 Å². The lowest BCUT2D eigenvalue weighted by molar-refractivity contribution is -0.138. The second-order valence-electron chi connectivity index (χ2n) is 11.3. The van der Waals surface area contributed by atoms with Gasteiger partial charge in [-0.1, -0.05) is 18.5 Å². The number of nitrogens with one attached hydrogen (secondary N) is 1. The molecule has 1 fully saturated rings. The van der Waals surface area contributed by atoms with E-state index in [0.717, 1.165) is 6.07 Å². The Bertz CT molecular complexity index is 1770. The average Bonchev–Trinajstić information content (AvgIpc) is 2.89. The fraction of sp³-hybridized carbons (Fsp3) is 0.464. The van der Waals surface area contributed by atoms with E-state index in [1.807, 2.05) is 0 Å². The van der Waals surface area contributed by atoms with Crippen LogP contribution in [0.3, 0.4) is 0 Å². The quantitative estimate of drug-likeness (QED) is 0.426. The van der Waals surface area contributed by atoms with Crippen molar-refractivity contribution in [2.75, 3.05) is 31.9 Å². The summed E-state index contributed by atoms with van der Waals surface area (Å²) in [5.41, 5.74) is -3.84. The molecule has 2 aromatic carbocycles. The number of ether oxygens (including phenoxy) is 1. The fourth-order valence-corrected chi connectivity index (χ4v) is 6.14. The molecule has 1 amide bonds. The number of amides is 1. The van der Waals surface area contributed by atoms with Gasteiger partial charge in [-0.05, 0) is 62.2 Å². The Morgan fingerprint density at radius 1 is 1.00 bits per heavy atom. The molecule has 0 aliphatic carbocycles.